The molecule has 100 valence electrons. The fourth-order valence-electron chi connectivity index (χ4n) is 1.80. The Hall–Kier alpha value is -1.51. The van der Waals surface area contributed by atoms with Gasteiger partial charge in [0.15, 0.2) is 6.10 Å². The Labute approximate surface area is 110 Å². The number of ether oxygens (including phenoxy) is 1. The van der Waals surface area contributed by atoms with Gasteiger partial charge in [-0.1, -0.05) is 31.5 Å². The lowest BCUT2D eigenvalue weighted by Gasteiger charge is -2.19. The lowest BCUT2D eigenvalue weighted by atomic mass is 10.2. The maximum Gasteiger partial charge on any atom is 0.260 e. The van der Waals surface area contributed by atoms with Crippen molar-refractivity contribution in [1.82, 2.24) is 5.32 Å². The van der Waals surface area contributed by atoms with Crippen LogP contribution >= 0.6 is 0 Å². The minimum Gasteiger partial charge on any atom is -0.481 e. The summed E-state index contributed by atoms with van der Waals surface area (Å²) in [4.78, 5) is 11.9. The molecule has 0 aliphatic carbocycles. The predicted octanol–water partition coefficient (Wildman–Crippen LogP) is 3.07. The summed E-state index contributed by atoms with van der Waals surface area (Å²) in [5.74, 6) is 0.711. The second-order valence-corrected chi connectivity index (χ2v) is 4.72. The Kier molecular flexibility index (Phi) is 5.69. The van der Waals surface area contributed by atoms with Crippen molar-refractivity contribution in [2.75, 3.05) is 0 Å². The van der Waals surface area contributed by atoms with E-state index in [1.807, 2.05) is 38.1 Å². The largest absolute Gasteiger partial charge is 0.481 e. The maximum atomic E-state index is 11.9. The van der Waals surface area contributed by atoms with E-state index in [4.69, 9.17) is 4.74 Å². The molecule has 0 aliphatic heterocycles. The molecule has 2 atom stereocenters. The van der Waals surface area contributed by atoms with Gasteiger partial charge in [-0.25, -0.2) is 0 Å². The molecule has 0 saturated carbocycles. The van der Waals surface area contributed by atoms with Crippen molar-refractivity contribution in [3.8, 4) is 5.75 Å². The van der Waals surface area contributed by atoms with E-state index in [1.165, 1.54) is 0 Å². The Balaban J connectivity index is 2.52. The van der Waals surface area contributed by atoms with E-state index in [9.17, 15) is 4.79 Å². The van der Waals surface area contributed by atoms with Crippen LogP contribution in [0.2, 0.25) is 0 Å². The van der Waals surface area contributed by atoms with E-state index in [0.29, 0.717) is 0 Å². The van der Waals surface area contributed by atoms with Crippen molar-refractivity contribution >= 4 is 5.91 Å². The summed E-state index contributed by atoms with van der Waals surface area (Å²) < 4.78 is 5.67. The first kappa shape index (κ1) is 14.6. The van der Waals surface area contributed by atoms with Gasteiger partial charge in [0.05, 0.1) is 0 Å². The van der Waals surface area contributed by atoms with Crippen molar-refractivity contribution in [2.45, 2.75) is 52.7 Å². The van der Waals surface area contributed by atoms with Gasteiger partial charge in [0.1, 0.15) is 5.75 Å². The summed E-state index contributed by atoms with van der Waals surface area (Å²) in [6.07, 6.45) is 1.59. The van der Waals surface area contributed by atoms with Crippen LogP contribution in [0.1, 0.15) is 39.2 Å². The van der Waals surface area contributed by atoms with E-state index in [2.05, 4.69) is 12.2 Å². The first-order chi connectivity index (χ1) is 8.54. The fourth-order valence-corrected chi connectivity index (χ4v) is 1.80. The molecule has 1 aromatic carbocycles. The first-order valence-electron chi connectivity index (χ1n) is 6.57. The number of nitrogens with one attached hydrogen (secondary N) is 1. The Bertz CT molecular complexity index is 390. The van der Waals surface area contributed by atoms with Gasteiger partial charge in [-0.05, 0) is 38.8 Å². The standard InChI is InChI=1S/C15H23NO2/c1-5-8-12(3)16-15(17)13(4)18-14-10-7-6-9-11(14)2/h6-7,9-10,12-13H,5,8H2,1-4H3,(H,16,17)/t12-,13-/m1/s1. The van der Waals surface area contributed by atoms with E-state index in [1.54, 1.807) is 6.92 Å². The van der Waals surface area contributed by atoms with E-state index < -0.39 is 6.10 Å². The Morgan fingerprint density at radius 2 is 2.00 bits per heavy atom. The lowest BCUT2D eigenvalue weighted by molar-refractivity contribution is -0.127. The molecule has 0 bridgehead atoms. The third-order valence-corrected chi connectivity index (χ3v) is 2.88. The lowest BCUT2D eigenvalue weighted by Crippen LogP contribution is -2.41. The van der Waals surface area contributed by atoms with Crippen LogP contribution in [0, 0.1) is 6.92 Å². The normalized spacial score (nSPS) is 13.8. The quantitative estimate of drug-likeness (QED) is 0.841. The number of aryl methyl sites for hydroxylation is 1. The Morgan fingerprint density at radius 1 is 1.33 bits per heavy atom. The molecule has 1 aromatic rings. The van der Waals surface area contributed by atoms with Crippen LogP contribution in [0.25, 0.3) is 0 Å². The van der Waals surface area contributed by atoms with Crippen LogP contribution in [0.15, 0.2) is 24.3 Å². The molecule has 0 unspecified atom stereocenters. The molecular formula is C15H23NO2. The summed E-state index contributed by atoms with van der Waals surface area (Å²) in [5.41, 5.74) is 1.04. The van der Waals surface area contributed by atoms with Crippen LogP contribution in [-0.2, 0) is 4.79 Å². The van der Waals surface area contributed by atoms with Gasteiger partial charge < -0.3 is 10.1 Å². The zero-order valence-corrected chi connectivity index (χ0v) is 11.7. The molecule has 0 saturated heterocycles. The number of hydrogen-bond acceptors (Lipinski definition) is 2. The molecule has 0 aliphatic rings. The summed E-state index contributed by atoms with van der Waals surface area (Å²) in [6, 6.07) is 7.92. The second-order valence-electron chi connectivity index (χ2n) is 4.72. The van der Waals surface area contributed by atoms with Crippen molar-refractivity contribution in [2.24, 2.45) is 0 Å². The third kappa shape index (κ3) is 4.40. The minimum atomic E-state index is -0.467. The first-order valence-corrected chi connectivity index (χ1v) is 6.57. The Morgan fingerprint density at radius 3 is 2.61 bits per heavy atom. The highest BCUT2D eigenvalue weighted by molar-refractivity contribution is 5.81. The zero-order valence-electron chi connectivity index (χ0n) is 11.7. The molecule has 1 N–H and O–H groups in total. The molecule has 3 nitrogen and oxygen atoms in total. The van der Waals surface area contributed by atoms with Crippen LogP contribution in [-0.4, -0.2) is 18.1 Å². The van der Waals surface area contributed by atoms with Crippen LogP contribution in [0.5, 0.6) is 5.75 Å². The minimum absolute atomic E-state index is 0.0563. The fraction of sp³-hybridized carbons (Fsp3) is 0.533. The number of rotatable bonds is 6. The van der Waals surface area contributed by atoms with Gasteiger partial charge in [0.2, 0.25) is 0 Å². The molecule has 1 amide bonds. The molecule has 0 spiro atoms. The highest BCUT2D eigenvalue weighted by Gasteiger charge is 2.16. The van der Waals surface area contributed by atoms with Gasteiger partial charge >= 0.3 is 0 Å². The molecule has 0 heterocycles. The molecule has 18 heavy (non-hydrogen) atoms. The molecular weight excluding hydrogens is 226 g/mol. The number of amides is 1. The summed E-state index contributed by atoms with van der Waals surface area (Å²) >= 11 is 0. The molecule has 1 rings (SSSR count). The van der Waals surface area contributed by atoms with Crippen LogP contribution in [0.3, 0.4) is 0 Å². The number of carbonyl (C=O) groups excluding carboxylic acids is 1. The highest BCUT2D eigenvalue weighted by atomic mass is 16.5. The number of hydrogen-bond donors (Lipinski definition) is 1. The predicted molar refractivity (Wildman–Crippen MR) is 73.8 cm³/mol. The number of benzene rings is 1. The van der Waals surface area contributed by atoms with Gasteiger partial charge in [-0.2, -0.15) is 0 Å². The summed E-state index contributed by atoms with van der Waals surface area (Å²) in [7, 11) is 0. The van der Waals surface area contributed by atoms with E-state index in [0.717, 1.165) is 24.2 Å². The topological polar surface area (TPSA) is 38.3 Å². The van der Waals surface area contributed by atoms with Gasteiger partial charge in [-0.15, -0.1) is 0 Å². The van der Waals surface area contributed by atoms with Crippen LogP contribution in [0.4, 0.5) is 0 Å². The van der Waals surface area contributed by atoms with Gasteiger partial charge in [-0.3, -0.25) is 4.79 Å². The van der Waals surface area contributed by atoms with E-state index in [-0.39, 0.29) is 11.9 Å². The number of carbonyl (C=O) groups is 1. The average molecular weight is 249 g/mol. The van der Waals surface area contributed by atoms with Crippen LogP contribution < -0.4 is 10.1 Å². The smallest absolute Gasteiger partial charge is 0.260 e. The second kappa shape index (κ2) is 7.04. The van der Waals surface area contributed by atoms with Crippen molar-refractivity contribution in [3.63, 3.8) is 0 Å². The molecule has 0 radical (unpaired) electrons. The highest BCUT2D eigenvalue weighted by Crippen LogP contribution is 2.17. The van der Waals surface area contributed by atoms with E-state index >= 15 is 0 Å². The van der Waals surface area contributed by atoms with Crippen molar-refractivity contribution < 1.29 is 9.53 Å². The maximum absolute atomic E-state index is 11.9. The average Bonchev–Trinajstić information content (AvgIpc) is 2.32. The van der Waals surface area contributed by atoms with Gasteiger partial charge in [0, 0.05) is 6.04 Å². The summed E-state index contributed by atoms with van der Waals surface area (Å²) in [5, 5.41) is 2.96. The van der Waals surface area contributed by atoms with Crippen molar-refractivity contribution in [1.29, 1.82) is 0 Å². The molecule has 0 aromatic heterocycles. The number of para-hydroxylation sites is 1. The zero-order chi connectivity index (χ0) is 13.5. The summed E-state index contributed by atoms with van der Waals surface area (Å²) in [6.45, 7) is 7.87. The molecule has 3 heteroatoms. The monoisotopic (exact) mass is 249 g/mol. The van der Waals surface area contributed by atoms with Gasteiger partial charge in [0.25, 0.3) is 5.91 Å². The van der Waals surface area contributed by atoms with Crippen molar-refractivity contribution in [3.05, 3.63) is 29.8 Å². The molecule has 0 fully saturated rings. The third-order valence-electron chi connectivity index (χ3n) is 2.88. The SMILES string of the molecule is CCC[C@@H](C)NC(=O)[C@@H](C)Oc1ccccc1C.